The largest absolute Gasteiger partial charge is 0.321 e. The van der Waals surface area contributed by atoms with E-state index in [9.17, 15) is 9.59 Å². The van der Waals surface area contributed by atoms with Crippen LogP contribution in [0, 0.1) is 6.92 Å². The fourth-order valence-corrected chi connectivity index (χ4v) is 3.09. The lowest BCUT2D eigenvalue weighted by atomic mass is 10.1. The Morgan fingerprint density at radius 3 is 2.71 bits per heavy atom. The van der Waals surface area contributed by atoms with E-state index in [0.29, 0.717) is 20.5 Å². The number of carbonyl (C=O) groups excluding carboxylic acids is 2. The predicted octanol–water partition coefficient (Wildman–Crippen LogP) is 4.84. The van der Waals surface area contributed by atoms with Gasteiger partial charge in [-0.15, -0.1) is 11.3 Å². The molecule has 1 aromatic carbocycles. The first-order valence-corrected chi connectivity index (χ1v) is 8.35. The third kappa shape index (κ3) is 3.53. The molecule has 0 unspecified atom stereocenters. The molecule has 0 aliphatic carbocycles. The van der Waals surface area contributed by atoms with E-state index in [1.807, 2.05) is 19.1 Å². The molecule has 4 nitrogen and oxygen atoms in total. The van der Waals surface area contributed by atoms with Crippen molar-refractivity contribution in [3.63, 3.8) is 0 Å². The lowest BCUT2D eigenvalue weighted by molar-refractivity contribution is 0.103. The second kappa shape index (κ2) is 6.95. The Balaban J connectivity index is 1.86. The molecule has 0 bridgehead atoms. The van der Waals surface area contributed by atoms with Crippen molar-refractivity contribution in [2.45, 2.75) is 6.92 Å². The number of anilines is 1. The molecule has 0 atom stereocenters. The van der Waals surface area contributed by atoms with Gasteiger partial charge in [0.15, 0.2) is 6.29 Å². The number of rotatable bonds is 4. The third-order valence-corrected chi connectivity index (χ3v) is 4.72. The van der Waals surface area contributed by atoms with Gasteiger partial charge in [-0.2, -0.15) is 0 Å². The van der Waals surface area contributed by atoms with Crippen molar-refractivity contribution in [2.24, 2.45) is 0 Å². The predicted molar refractivity (Wildman–Crippen MR) is 97.1 cm³/mol. The number of benzene rings is 1. The molecule has 1 N–H and O–H groups in total. The number of halogens is 1. The first-order valence-electron chi connectivity index (χ1n) is 7.16. The Morgan fingerprint density at radius 2 is 2.04 bits per heavy atom. The second-order valence-electron chi connectivity index (χ2n) is 5.19. The summed E-state index contributed by atoms with van der Waals surface area (Å²) in [5.41, 5.74) is 3.15. The van der Waals surface area contributed by atoms with Gasteiger partial charge in [-0.3, -0.25) is 14.6 Å². The summed E-state index contributed by atoms with van der Waals surface area (Å²) >= 11 is 7.40. The van der Waals surface area contributed by atoms with E-state index in [-0.39, 0.29) is 5.91 Å². The second-order valence-corrected chi connectivity index (χ2v) is 6.71. The van der Waals surface area contributed by atoms with Gasteiger partial charge in [0.05, 0.1) is 20.5 Å². The van der Waals surface area contributed by atoms with E-state index < -0.39 is 0 Å². The van der Waals surface area contributed by atoms with Crippen molar-refractivity contribution in [2.75, 3.05) is 5.32 Å². The molecule has 0 aliphatic heterocycles. The maximum Gasteiger partial charge on any atom is 0.265 e. The van der Waals surface area contributed by atoms with Crippen molar-refractivity contribution in [1.29, 1.82) is 0 Å². The summed E-state index contributed by atoms with van der Waals surface area (Å²) in [6, 6.07) is 12.3. The van der Waals surface area contributed by atoms with Crippen LogP contribution in [0.25, 0.3) is 11.3 Å². The number of nitrogens with one attached hydrogen (secondary N) is 1. The van der Waals surface area contributed by atoms with Crippen molar-refractivity contribution < 1.29 is 9.59 Å². The van der Waals surface area contributed by atoms with E-state index in [1.165, 1.54) is 0 Å². The van der Waals surface area contributed by atoms with Crippen LogP contribution in [0.5, 0.6) is 0 Å². The molecule has 2 heterocycles. The van der Waals surface area contributed by atoms with Crippen LogP contribution in [0.1, 0.15) is 24.9 Å². The Morgan fingerprint density at radius 1 is 1.21 bits per heavy atom. The van der Waals surface area contributed by atoms with E-state index in [4.69, 9.17) is 11.6 Å². The number of carbonyl (C=O) groups is 2. The minimum atomic E-state index is -0.266. The lowest BCUT2D eigenvalue weighted by Gasteiger charge is -2.09. The highest BCUT2D eigenvalue weighted by Gasteiger charge is 2.12. The van der Waals surface area contributed by atoms with Gasteiger partial charge in [0, 0.05) is 17.4 Å². The maximum atomic E-state index is 12.3. The zero-order chi connectivity index (χ0) is 17.1. The minimum Gasteiger partial charge on any atom is -0.321 e. The maximum absolute atomic E-state index is 12.3. The average Bonchev–Trinajstić information content (AvgIpc) is 3.07. The van der Waals surface area contributed by atoms with Crippen LogP contribution in [-0.2, 0) is 0 Å². The summed E-state index contributed by atoms with van der Waals surface area (Å²) in [4.78, 5) is 28.3. The van der Waals surface area contributed by atoms with E-state index in [0.717, 1.165) is 34.4 Å². The summed E-state index contributed by atoms with van der Waals surface area (Å²) in [6.45, 7) is 1.96. The normalized spacial score (nSPS) is 10.4. The molecule has 1 amide bonds. The van der Waals surface area contributed by atoms with Crippen LogP contribution >= 0.6 is 22.9 Å². The highest BCUT2D eigenvalue weighted by Crippen LogP contribution is 2.29. The van der Waals surface area contributed by atoms with E-state index in [1.54, 1.807) is 36.5 Å². The summed E-state index contributed by atoms with van der Waals surface area (Å²) in [7, 11) is 0. The van der Waals surface area contributed by atoms with Crippen LogP contribution in [0.2, 0.25) is 5.02 Å². The number of hydrogen-bond acceptors (Lipinski definition) is 4. The highest BCUT2D eigenvalue weighted by molar-refractivity contribution is 7.15. The number of amides is 1. The molecule has 2 aromatic heterocycles. The fraction of sp³-hybridized carbons (Fsp3) is 0.0556. The molecule has 24 heavy (non-hydrogen) atoms. The highest BCUT2D eigenvalue weighted by atomic mass is 35.5. The van der Waals surface area contributed by atoms with Gasteiger partial charge < -0.3 is 5.32 Å². The van der Waals surface area contributed by atoms with Gasteiger partial charge in [0.25, 0.3) is 5.91 Å². The molecule has 0 saturated carbocycles. The Hall–Kier alpha value is -2.50. The number of thiophene rings is 1. The van der Waals surface area contributed by atoms with E-state index >= 15 is 0 Å². The van der Waals surface area contributed by atoms with Crippen molar-refractivity contribution in [3.8, 4) is 11.3 Å². The molecule has 120 valence electrons. The third-order valence-electron chi connectivity index (χ3n) is 3.38. The molecule has 0 aliphatic rings. The smallest absolute Gasteiger partial charge is 0.265 e. The zero-order valence-corrected chi connectivity index (χ0v) is 14.3. The van der Waals surface area contributed by atoms with Crippen LogP contribution in [-0.4, -0.2) is 17.2 Å². The lowest BCUT2D eigenvalue weighted by Crippen LogP contribution is -2.10. The molecule has 0 spiro atoms. The van der Waals surface area contributed by atoms with Gasteiger partial charge in [-0.05, 0) is 48.9 Å². The quantitative estimate of drug-likeness (QED) is 0.680. The molecule has 0 saturated heterocycles. The summed E-state index contributed by atoms with van der Waals surface area (Å²) < 4.78 is 0. The Labute approximate surface area is 148 Å². The molecule has 6 heteroatoms. The van der Waals surface area contributed by atoms with Crippen molar-refractivity contribution in [1.82, 2.24) is 4.98 Å². The first kappa shape index (κ1) is 16.4. The van der Waals surface area contributed by atoms with Gasteiger partial charge in [0.1, 0.15) is 0 Å². The minimum absolute atomic E-state index is 0.266. The SMILES string of the molecule is Cc1ccc(-c2cc(NC(=O)c3ccc(C=O)s3)ccc2Cl)nc1. The number of aromatic nitrogens is 1. The number of aryl methyl sites for hydroxylation is 1. The zero-order valence-electron chi connectivity index (χ0n) is 12.7. The molecule has 3 rings (SSSR count). The molecule has 3 aromatic rings. The van der Waals surface area contributed by atoms with Crippen LogP contribution < -0.4 is 5.32 Å². The van der Waals surface area contributed by atoms with Gasteiger partial charge in [-0.25, -0.2) is 0 Å². The number of nitrogens with zero attached hydrogens (tertiary/aromatic N) is 1. The number of hydrogen-bond donors (Lipinski definition) is 1. The molecule has 0 fully saturated rings. The van der Waals surface area contributed by atoms with Crippen molar-refractivity contribution in [3.05, 3.63) is 69.0 Å². The van der Waals surface area contributed by atoms with Crippen LogP contribution in [0.4, 0.5) is 5.69 Å². The number of pyridine rings is 1. The Bertz CT molecular complexity index is 904. The topological polar surface area (TPSA) is 59.1 Å². The number of aldehydes is 1. The molecule has 0 radical (unpaired) electrons. The Kier molecular flexibility index (Phi) is 4.74. The van der Waals surface area contributed by atoms with Gasteiger partial charge in [-0.1, -0.05) is 17.7 Å². The molecular weight excluding hydrogens is 344 g/mol. The monoisotopic (exact) mass is 356 g/mol. The average molecular weight is 357 g/mol. The van der Waals surface area contributed by atoms with Crippen molar-refractivity contribution >= 4 is 40.8 Å². The van der Waals surface area contributed by atoms with Gasteiger partial charge in [0.2, 0.25) is 0 Å². The van der Waals surface area contributed by atoms with Gasteiger partial charge >= 0.3 is 0 Å². The summed E-state index contributed by atoms with van der Waals surface area (Å²) in [5.74, 6) is -0.266. The van der Waals surface area contributed by atoms with E-state index in [2.05, 4.69) is 10.3 Å². The summed E-state index contributed by atoms with van der Waals surface area (Å²) in [6.07, 6.45) is 2.49. The fourth-order valence-electron chi connectivity index (χ4n) is 2.16. The summed E-state index contributed by atoms with van der Waals surface area (Å²) in [5, 5.41) is 3.37. The standard InChI is InChI=1S/C18H13ClN2O2S/c1-11-2-6-16(20-9-11)14-8-12(3-5-15(14)19)21-18(23)17-7-4-13(10-22)24-17/h2-10H,1H3,(H,21,23). The van der Waals surface area contributed by atoms with Crippen LogP contribution in [0.15, 0.2) is 48.7 Å². The van der Waals surface area contributed by atoms with Crippen LogP contribution in [0.3, 0.4) is 0 Å². The molecular formula is C18H13ClN2O2S. The first-order chi connectivity index (χ1) is 11.6.